The molecule has 0 saturated heterocycles. The van der Waals surface area contributed by atoms with Gasteiger partial charge in [-0.2, -0.15) is 5.26 Å². The molecule has 8 nitrogen and oxygen atoms in total. The first kappa shape index (κ1) is 28.4. The van der Waals surface area contributed by atoms with E-state index in [2.05, 4.69) is 22.0 Å². The lowest BCUT2D eigenvalue weighted by molar-refractivity contribution is -0.115. The average molecular weight is 571 g/mol. The Morgan fingerprint density at radius 1 is 0.900 bits per heavy atom. The molecule has 1 heterocycles. The van der Waals surface area contributed by atoms with Gasteiger partial charge in [0.2, 0.25) is 5.91 Å². The maximum absolute atomic E-state index is 13.1. The molecule has 0 aliphatic rings. The number of rotatable bonds is 9. The number of anilines is 3. The Morgan fingerprint density at radius 3 is 2.33 bits per heavy atom. The van der Waals surface area contributed by atoms with Crippen molar-refractivity contribution in [2.24, 2.45) is 0 Å². The number of nitriles is 1. The predicted octanol–water partition coefficient (Wildman–Crippen LogP) is 6.56. The lowest BCUT2D eigenvalue weighted by Crippen LogP contribution is -2.22. The van der Waals surface area contributed by atoms with E-state index < -0.39 is 5.25 Å². The minimum atomic E-state index is -0.528. The molecule has 1 aromatic heterocycles. The van der Waals surface area contributed by atoms with Gasteiger partial charge in [0.25, 0.3) is 11.8 Å². The van der Waals surface area contributed by atoms with Crippen molar-refractivity contribution in [3.8, 4) is 11.8 Å². The summed E-state index contributed by atoms with van der Waals surface area (Å²) in [7, 11) is 1.54. The molecule has 3 amide bonds. The molecule has 40 heavy (non-hydrogen) atoms. The molecule has 10 heteroatoms. The molecule has 1 unspecified atom stereocenters. The number of ether oxygens (including phenoxy) is 1. The number of hydrogen-bond acceptors (Lipinski definition) is 7. The van der Waals surface area contributed by atoms with E-state index in [4.69, 9.17) is 4.74 Å². The van der Waals surface area contributed by atoms with Crippen LogP contribution in [0.2, 0.25) is 0 Å². The first-order valence-corrected chi connectivity index (χ1v) is 13.9. The number of thiophene rings is 1. The number of methoxy groups -OCH3 is 1. The molecule has 0 bridgehead atoms. The quantitative estimate of drug-likeness (QED) is 0.196. The summed E-state index contributed by atoms with van der Waals surface area (Å²) in [5.41, 5.74) is 2.45. The maximum atomic E-state index is 13.1. The largest absolute Gasteiger partial charge is 0.497 e. The van der Waals surface area contributed by atoms with E-state index in [9.17, 15) is 19.6 Å². The van der Waals surface area contributed by atoms with Crippen LogP contribution in [0.25, 0.3) is 0 Å². The average Bonchev–Trinajstić information content (AvgIpc) is 3.28. The third-order valence-electron chi connectivity index (χ3n) is 5.84. The van der Waals surface area contributed by atoms with Crippen molar-refractivity contribution in [1.82, 2.24) is 0 Å². The highest BCUT2D eigenvalue weighted by molar-refractivity contribution is 8.00. The zero-order valence-corrected chi connectivity index (χ0v) is 23.6. The Bertz CT molecular complexity index is 1590. The number of nitrogens with one attached hydrogen (secondary N) is 3. The molecular formula is C30H26N4O4S2. The third-order valence-corrected chi connectivity index (χ3v) is 8.14. The second-order valence-electron chi connectivity index (χ2n) is 8.66. The Hall–Kier alpha value is -4.59. The van der Waals surface area contributed by atoms with Crippen LogP contribution in [0.4, 0.5) is 16.4 Å². The molecule has 4 rings (SSSR count). The molecule has 0 spiro atoms. The van der Waals surface area contributed by atoms with E-state index in [1.807, 2.05) is 24.3 Å². The molecule has 0 saturated carbocycles. The minimum Gasteiger partial charge on any atom is -0.497 e. The monoisotopic (exact) mass is 570 g/mol. The Balaban J connectivity index is 1.42. The van der Waals surface area contributed by atoms with Crippen molar-refractivity contribution < 1.29 is 19.1 Å². The molecule has 0 aliphatic carbocycles. The molecule has 0 fully saturated rings. The van der Waals surface area contributed by atoms with Gasteiger partial charge >= 0.3 is 0 Å². The molecule has 3 aromatic carbocycles. The highest BCUT2D eigenvalue weighted by Gasteiger charge is 2.23. The van der Waals surface area contributed by atoms with Crippen LogP contribution in [-0.4, -0.2) is 30.1 Å². The fourth-order valence-corrected chi connectivity index (χ4v) is 5.73. The molecule has 4 aromatic rings. The number of para-hydroxylation sites is 1. The van der Waals surface area contributed by atoms with Gasteiger partial charge in [0.05, 0.1) is 22.8 Å². The summed E-state index contributed by atoms with van der Waals surface area (Å²) >= 11 is 2.37. The number of hydrogen-bond donors (Lipinski definition) is 3. The van der Waals surface area contributed by atoms with E-state index in [1.54, 1.807) is 68.4 Å². The van der Waals surface area contributed by atoms with Crippen LogP contribution in [0.15, 0.2) is 83.8 Å². The van der Waals surface area contributed by atoms with E-state index in [0.29, 0.717) is 38.1 Å². The van der Waals surface area contributed by atoms with Crippen molar-refractivity contribution in [2.45, 2.75) is 24.0 Å². The van der Waals surface area contributed by atoms with E-state index in [0.717, 1.165) is 16.2 Å². The highest BCUT2D eigenvalue weighted by Crippen LogP contribution is 2.34. The summed E-state index contributed by atoms with van der Waals surface area (Å²) in [6.45, 7) is 3.44. The van der Waals surface area contributed by atoms with Crippen LogP contribution in [0.1, 0.15) is 38.1 Å². The van der Waals surface area contributed by atoms with Crippen LogP contribution in [0, 0.1) is 18.3 Å². The Labute approximate surface area is 240 Å². The van der Waals surface area contributed by atoms with Gasteiger partial charge in [-0.1, -0.05) is 30.3 Å². The number of amides is 3. The molecular weight excluding hydrogens is 544 g/mol. The topological polar surface area (TPSA) is 120 Å². The van der Waals surface area contributed by atoms with Gasteiger partial charge in [0.15, 0.2) is 0 Å². The lowest BCUT2D eigenvalue weighted by atomic mass is 10.1. The second-order valence-corrected chi connectivity index (χ2v) is 11.1. The van der Waals surface area contributed by atoms with Gasteiger partial charge in [-0.25, -0.2) is 0 Å². The van der Waals surface area contributed by atoms with Crippen molar-refractivity contribution in [1.29, 1.82) is 5.26 Å². The zero-order chi connectivity index (χ0) is 28.6. The maximum Gasteiger partial charge on any atom is 0.266 e. The number of nitrogens with zero attached hydrogens (tertiary/aromatic N) is 1. The van der Waals surface area contributed by atoms with Crippen LogP contribution >= 0.6 is 23.1 Å². The van der Waals surface area contributed by atoms with Crippen molar-refractivity contribution in [3.05, 3.63) is 100 Å². The van der Waals surface area contributed by atoms with Gasteiger partial charge < -0.3 is 20.7 Å². The summed E-state index contributed by atoms with van der Waals surface area (Å²) in [6.07, 6.45) is 0. The number of benzene rings is 3. The summed E-state index contributed by atoms with van der Waals surface area (Å²) in [5, 5.41) is 18.0. The molecule has 1 atom stereocenters. The van der Waals surface area contributed by atoms with Gasteiger partial charge in [0.1, 0.15) is 16.8 Å². The normalized spacial score (nSPS) is 11.2. The molecule has 0 aliphatic heterocycles. The second kappa shape index (κ2) is 13.0. The van der Waals surface area contributed by atoms with Crippen LogP contribution < -0.4 is 20.7 Å². The van der Waals surface area contributed by atoms with Crippen molar-refractivity contribution in [3.63, 3.8) is 0 Å². The van der Waals surface area contributed by atoms with Gasteiger partial charge in [-0.3, -0.25) is 14.4 Å². The first-order chi connectivity index (χ1) is 19.3. The zero-order valence-electron chi connectivity index (χ0n) is 22.0. The van der Waals surface area contributed by atoms with Crippen LogP contribution in [-0.2, 0) is 4.79 Å². The van der Waals surface area contributed by atoms with Crippen LogP contribution in [0.5, 0.6) is 5.75 Å². The number of carbonyl (C=O) groups excluding carboxylic acids is 3. The Morgan fingerprint density at radius 2 is 1.60 bits per heavy atom. The first-order valence-electron chi connectivity index (χ1n) is 12.2. The third kappa shape index (κ3) is 6.88. The number of thioether (sulfide) groups is 1. The molecule has 202 valence electrons. The van der Waals surface area contributed by atoms with E-state index >= 15 is 0 Å². The molecule has 3 N–H and O–H groups in total. The fourth-order valence-electron chi connectivity index (χ4n) is 3.75. The fraction of sp³-hybridized carbons (Fsp3) is 0.133. The van der Waals surface area contributed by atoms with Gasteiger partial charge in [-0.15, -0.1) is 23.1 Å². The standard InChI is InChI=1S/C30H26N4O4S2/c1-18-25(17-31)30(40-26(18)29(37)32-21-10-5-4-6-11-21)34-27(35)19(2)39-24-14-8-12-22(16-24)33-28(36)20-9-7-13-23(15-20)38-3/h4-16,19H,1-3H3,(H,32,37)(H,33,36)(H,34,35). The minimum absolute atomic E-state index is 0.260. The summed E-state index contributed by atoms with van der Waals surface area (Å²) in [5.74, 6) is -0.359. The SMILES string of the molecule is COc1cccc(C(=O)Nc2cccc(SC(C)C(=O)Nc3sc(C(=O)Nc4ccccc4)c(C)c3C#N)c2)c1. The summed E-state index contributed by atoms with van der Waals surface area (Å²) in [4.78, 5) is 39.7. The summed E-state index contributed by atoms with van der Waals surface area (Å²) in [6, 6.07) is 25.2. The van der Waals surface area contributed by atoms with Crippen molar-refractivity contribution in [2.75, 3.05) is 23.1 Å². The van der Waals surface area contributed by atoms with E-state index in [1.165, 1.54) is 18.9 Å². The van der Waals surface area contributed by atoms with Gasteiger partial charge in [-0.05, 0) is 67.9 Å². The highest BCUT2D eigenvalue weighted by atomic mass is 32.2. The molecule has 0 radical (unpaired) electrons. The van der Waals surface area contributed by atoms with Crippen LogP contribution in [0.3, 0.4) is 0 Å². The smallest absolute Gasteiger partial charge is 0.266 e. The summed E-state index contributed by atoms with van der Waals surface area (Å²) < 4.78 is 5.18. The van der Waals surface area contributed by atoms with Gasteiger partial charge in [0, 0.05) is 21.8 Å². The Kier molecular flexibility index (Phi) is 9.22. The van der Waals surface area contributed by atoms with E-state index in [-0.39, 0.29) is 23.3 Å². The predicted molar refractivity (Wildman–Crippen MR) is 160 cm³/mol. The lowest BCUT2D eigenvalue weighted by Gasteiger charge is -2.13. The number of carbonyl (C=O) groups is 3. The van der Waals surface area contributed by atoms with Crippen molar-refractivity contribution >= 4 is 57.2 Å².